The van der Waals surface area contributed by atoms with Gasteiger partial charge in [-0.1, -0.05) is 16.8 Å². The van der Waals surface area contributed by atoms with Crippen molar-refractivity contribution in [3.8, 4) is 11.6 Å². The van der Waals surface area contributed by atoms with Crippen LogP contribution in [0.25, 0.3) is 11.6 Å². The van der Waals surface area contributed by atoms with Gasteiger partial charge in [0.05, 0.1) is 11.1 Å². The van der Waals surface area contributed by atoms with Crippen molar-refractivity contribution in [2.24, 2.45) is 11.7 Å². The van der Waals surface area contributed by atoms with Gasteiger partial charge in [-0.05, 0) is 30.9 Å². The second-order valence-electron chi connectivity index (χ2n) is 4.18. The summed E-state index contributed by atoms with van der Waals surface area (Å²) in [4.78, 5) is 8.38. The lowest BCUT2D eigenvalue weighted by atomic mass is 10.2. The van der Waals surface area contributed by atoms with E-state index in [1.807, 2.05) is 0 Å². The molecule has 1 fully saturated rings. The highest BCUT2D eigenvalue weighted by atomic mass is 35.5. The number of nitrogens with zero attached hydrogens (tertiary/aromatic N) is 3. The molecule has 5 nitrogen and oxygen atoms in total. The van der Waals surface area contributed by atoms with E-state index in [-0.39, 0.29) is 6.04 Å². The van der Waals surface area contributed by atoms with E-state index in [2.05, 4.69) is 15.1 Å². The lowest BCUT2D eigenvalue weighted by Crippen LogP contribution is -2.13. The zero-order valence-corrected chi connectivity index (χ0v) is 9.76. The van der Waals surface area contributed by atoms with Crippen molar-refractivity contribution < 1.29 is 4.52 Å². The number of pyridine rings is 1. The fraction of sp³-hybridized carbons (Fsp3) is 0.364. The van der Waals surface area contributed by atoms with E-state index in [0.29, 0.717) is 28.3 Å². The Morgan fingerprint density at radius 3 is 2.88 bits per heavy atom. The van der Waals surface area contributed by atoms with Crippen molar-refractivity contribution in [3.05, 3.63) is 29.2 Å². The first-order valence-corrected chi connectivity index (χ1v) is 5.83. The Kier molecular flexibility index (Phi) is 2.57. The van der Waals surface area contributed by atoms with Gasteiger partial charge in [0.2, 0.25) is 0 Å². The molecule has 1 unspecified atom stereocenters. The third-order valence-corrected chi connectivity index (χ3v) is 3.04. The highest BCUT2D eigenvalue weighted by Crippen LogP contribution is 2.38. The summed E-state index contributed by atoms with van der Waals surface area (Å²) in [6.45, 7) is 0. The quantitative estimate of drug-likeness (QED) is 0.904. The van der Waals surface area contributed by atoms with Crippen LogP contribution >= 0.6 is 11.6 Å². The van der Waals surface area contributed by atoms with Gasteiger partial charge in [-0.25, -0.2) is 4.98 Å². The smallest absolute Gasteiger partial charge is 0.276 e. The second kappa shape index (κ2) is 4.09. The van der Waals surface area contributed by atoms with E-state index in [1.165, 1.54) is 0 Å². The SMILES string of the molecule is NC(c1noc(-c2ccc(Cl)cn2)n1)C1CC1. The minimum Gasteiger partial charge on any atom is -0.332 e. The monoisotopic (exact) mass is 250 g/mol. The molecule has 0 spiro atoms. The van der Waals surface area contributed by atoms with Gasteiger partial charge >= 0.3 is 0 Å². The number of nitrogens with two attached hydrogens (primary N) is 1. The Labute approximate surface area is 103 Å². The highest BCUT2D eigenvalue weighted by Gasteiger charge is 2.32. The Morgan fingerprint density at radius 2 is 2.24 bits per heavy atom. The molecule has 2 aromatic heterocycles. The highest BCUT2D eigenvalue weighted by molar-refractivity contribution is 6.30. The van der Waals surface area contributed by atoms with Crippen LogP contribution in [0.15, 0.2) is 22.9 Å². The van der Waals surface area contributed by atoms with Gasteiger partial charge in [-0.2, -0.15) is 4.98 Å². The van der Waals surface area contributed by atoms with E-state index < -0.39 is 0 Å². The van der Waals surface area contributed by atoms with Gasteiger partial charge < -0.3 is 10.3 Å². The predicted molar refractivity (Wildman–Crippen MR) is 62.2 cm³/mol. The van der Waals surface area contributed by atoms with Crippen molar-refractivity contribution in [1.29, 1.82) is 0 Å². The van der Waals surface area contributed by atoms with Crippen LogP contribution in [0.1, 0.15) is 24.7 Å². The number of hydrogen-bond acceptors (Lipinski definition) is 5. The van der Waals surface area contributed by atoms with E-state index >= 15 is 0 Å². The molecule has 3 rings (SSSR count). The standard InChI is InChI=1S/C11H11ClN4O/c12-7-3-4-8(14-5-7)11-15-10(16-17-11)9(13)6-1-2-6/h3-6,9H,1-2,13H2. The normalized spacial score (nSPS) is 17.1. The van der Waals surface area contributed by atoms with Gasteiger partial charge in [0.15, 0.2) is 5.82 Å². The largest absolute Gasteiger partial charge is 0.332 e. The maximum atomic E-state index is 5.99. The van der Waals surface area contributed by atoms with E-state index in [9.17, 15) is 0 Å². The molecule has 88 valence electrons. The summed E-state index contributed by atoms with van der Waals surface area (Å²) in [7, 11) is 0. The maximum absolute atomic E-state index is 5.99. The summed E-state index contributed by atoms with van der Waals surface area (Å²) in [6, 6.07) is 3.34. The molecular formula is C11H11ClN4O. The number of halogens is 1. The Balaban J connectivity index is 1.86. The van der Waals surface area contributed by atoms with Crippen LogP contribution in [0.2, 0.25) is 5.02 Å². The molecule has 2 heterocycles. The molecule has 17 heavy (non-hydrogen) atoms. The van der Waals surface area contributed by atoms with Gasteiger partial charge in [0.1, 0.15) is 5.69 Å². The Morgan fingerprint density at radius 1 is 1.41 bits per heavy atom. The van der Waals surface area contributed by atoms with Crippen molar-refractivity contribution >= 4 is 11.6 Å². The topological polar surface area (TPSA) is 77.8 Å². The summed E-state index contributed by atoms with van der Waals surface area (Å²) in [5, 5.41) is 4.46. The fourth-order valence-electron chi connectivity index (χ4n) is 1.64. The maximum Gasteiger partial charge on any atom is 0.276 e. The molecule has 1 aliphatic carbocycles. The molecule has 2 N–H and O–H groups in total. The third kappa shape index (κ3) is 2.16. The zero-order valence-electron chi connectivity index (χ0n) is 9.01. The molecule has 0 aromatic carbocycles. The molecule has 0 amide bonds. The lowest BCUT2D eigenvalue weighted by Gasteiger charge is -2.01. The predicted octanol–water partition coefficient (Wildman–Crippen LogP) is 2.19. The van der Waals surface area contributed by atoms with Gasteiger partial charge in [-0.3, -0.25) is 0 Å². The molecule has 0 saturated heterocycles. The first-order chi connectivity index (χ1) is 8.24. The molecule has 2 aromatic rings. The molecule has 0 bridgehead atoms. The van der Waals surface area contributed by atoms with Gasteiger partial charge in [-0.15, -0.1) is 0 Å². The first kappa shape index (κ1) is 10.7. The van der Waals surface area contributed by atoms with Crippen molar-refractivity contribution in [2.45, 2.75) is 18.9 Å². The van der Waals surface area contributed by atoms with Crippen LogP contribution in [0, 0.1) is 5.92 Å². The van der Waals surface area contributed by atoms with Crippen LogP contribution in [-0.4, -0.2) is 15.1 Å². The summed E-state index contributed by atoms with van der Waals surface area (Å²) >= 11 is 5.76. The van der Waals surface area contributed by atoms with E-state index in [0.717, 1.165) is 12.8 Å². The van der Waals surface area contributed by atoms with Gasteiger partial charge in [0.25, 0.3) is 5.89 Å². The van der Waals surface area contributed by atoms with Crippen molar-refractivity contribution in [2.75, 3.05) is 0 Å². The minimum absolute atomic E-state index is 0.125. The summed E-state index contributed by atoms with van der Waals surface area (Å²) in [5.74, 6) is 1.44. The lowest BCUT2D eigenvalue weighted by molar-refractivity contribution is 0.410. The van der Waals surface area contributed by atoms with Crippen molar-refractivity contribution in [1.82, 2.24) is 15.1 Å². The third-order valence-electron chi connectivity index (χ3n) is 2.82. The second-order valence-corrected chi connectivity index (χ2v) is 4.62. The molecule has 0 aliphatic heterocycles. The number of hydrogen-bond donors (Lipinski definition) is 1. The molecule has 1 aliphatic rings. The summed E-state index contributed by atoms with van der Waals surface area (Å²) in [5.41, 5.74) is 6.60. The fourth-order valence-corrected chi connectivity index (χ4v) is 1.75. The Bertz CT molecular complexity index is 521. The van der Waals surface area contributed by atoms with Crippen LogP contribution in [0.5, 0.6) is 0 Å². The van der Waals surface area contributed by atoms with Gasteiger partial charge in [0, 0.05) is 6.20 Å². The molecular weight excluding hydrogens is 240 g/mol. The summed E-state index contributed by atoms with van der Waals surface area (Å²) < 4.78 is 5.14. The van der Waals surface area contributed by atoms with Crippen molar-refractivity contribution in [3.63, 3.8) is 0 Å². The van der Waals surface area contributed by atoms with Crippen LogP contribution < -0.4 is 5.73 Å². The number of rotatable bonds is 3. The van der Waals surface area contributed by atoms with E-state index in [4.69, 9.17) is 21.9 Å². The summed E-state index contributed by atoms with van der Waals surface area (Å²) in [6.07, 6.45) is 3.83. The number of aromatic nitrogens is 3. The average molecular weight is 251 g/mol. The zero-order chi connectivity index (χ0) is 11.8. The van der Waals surface area contributed by atoms with Crippen LogP contribution in [0.4, 0.5) is 0 Å². The molecule has 1 saturated carbocycles. The van der Waals surface area contributed by atoms with Crippen LogP contribution in [0.3, 0.4) is 0 Å². The Hall–Kier alpha value is -1.46. The average Bonchev–Trinajstić information content (AvgIpc) is 3.07. The molecule has 1 atom stereocenters. The van der Waals surface area contributed by atoms with Crippen LogP contribution in [-0.2, 0) is 0 Å². The van der Waals surface area contributed by atoms with E-state index in [1.54, 1.807) is 18.3 Å². The molecule has 6 heteroatoms. The molecule has 0 radical (unpaired) electrons. The minimum atomic E-state index is -0.125. The first-order valence-electron chi connectivity index (χ1n) is 5.45.